The summed E-state index contributed by atoms with van der Waals surface area (Å²) in [7, 11) is 0.129. The minimum atomic E-state index is -1.20. The molecule has 0 saturated heterocycles. The molecule has 31 heavy (non-hydrogen) atoms. The second-order valence-corrected chi connectivity index (χ2v) is 10.8. The van der Waals surface area contributed by atoms with Gasteiger partial charge in [-0.15, -0.1) is 0 Å². The standard InChI is InChI=1S/C26H27N2OPS/c1-3-4-19-31(29)27-20-24-23-17-11-12-18-25(23)28(2)26(24)30(21-13-7-5-8-14-21)22-15-9-6-10-16-22/h5-18,20H,3-4,19H2,1-2H3/t31-/m0/s1. The third kappa shape index (κ3) is 4.71. The first-order chi connectivity index (χ1) is 15.2. The zero-order valence-electron chi connectivity index (χ0n) is 17.9. The number of para-hydroxylation sites is 1. The number of hydrogen-bond acceptors (Lipinski definition) is 1. The van der Waals surface area contributed by atoms with Crippen molar-refractivity contribution in [3.8, 4) is 0 Å². The van der Waals surface area contributed by atoms with E-state index < -0.39 is 18.9 Å². The van der Waals surface area contributed by atoms with Crippen molar-refractivity contribution >= 4 is 52.1 Å². The van der Waals surface area contributed by atoms with Crippen LogP contribution in [0.5, 0.6) is 0 Å². The van der Waals surface area contributed by atoms with Gasteiger partial charge >= 0.3 is 0 Å². The predicted octanol–water partition coefficient (Wildman–Crippen LogP) is 4.82. The molecule has 0 N–H and O–H groups in total. The van der Waals surface area contributed by atoms with Gasteiger partial charge in [-0.1, -0.05) is 92.2 Å². The average Bonchev–Trinajstić information content (AvgIpc) is 3.09. The van der Waals surface area contributed by atoms with E-state index in [9.17, 15) is 4.21 Å². The summed E-state index contributed by atoms with van der Waals surface area (Å²) in [6.45, 7) is 2.11. The van der Waals surface area contributed by atoms with Crippen LogP contribution in [0.3, 0.4) is 0 Å². The number of aryl methyl sites for hydroxylation is 1. The van der Waals surface area contributed by atoms with Crippen molar-refractivity contribution in [2.75, 3.05) is 5.75 Å². The Bertz CT molecular complexity index is 1160. The van der Waals surface area contributed by atoms with Crippen LogP contribution >= 0.6 is 7.92 Å². The lowest BCUT2D eigenvalue weighted by molar-refractivity contribution is 0.681. The molecule has 0 aliphatic heterocycles. The first kappa shape index (κ1) is 21.7. The molecule has 0 unspecified atom stereocenters. The van der Waals surface area contributed by atoms with E-state index in [4.69, 9.17) is 0 Å². The molecule has 1 atom stereocenters. The van der Waals surface area contributed by atoms with E-state index >= 15 is 0 Å². The molecule has 0 spiro atoms. The molecule has 0 aliphatic rings. The molecule has 1 heterocycles. The number of hydrogen-bond donors (Lipinski definition) is 0. The van der Waals surface area contributed by atoms with E-state index in [1.807, 2.05) is 6.21 Å². The number of fused-ring (bicyclic) bond motifs is 1. The van der Waals surface area contributed by atoms with Crippen molar-refractivity contribution in [3.63, 3.8) is 0 Å². The fraction of sp³-hybridized carbons (Fsp3) is 0.192. The average molecular weight is 447 g/mol. The Labute approximate surface area is 188 Å². The lowest BCUT2D eigenvalue weighted by Crippen LogP contribution is -2.27. The van der Waals surface area contributed by atoms with Crippen LogP contribution < -0.4 is 16.0 Å². The van der Waals surface area contributed by atoms with E-state index in [1.165, 1.54) is 16.0 Å². The largest absolute Gasteiger partial charge is 0.343 e. The van der Waals surface area contributed by atoms with Crippen LogP contribution in [0.15, 0.2) is 89.3 Å². The maximum Gasteiger partial charge on any atom is 0.139 e. The third-order valence-corrected chi connectivity index (χ3v) is 8.90. The summed E-state index contributed by atoms with van der Waals surface area (Å²) < 4.78 is 19.2. The van der Waals surface area contributed by atoms with Crippen LogP contribution in [0.4, 0.5) is 0 Å². The van der Waals surface area contributed by atoms with Crippen molar-refractivity contribution in [2.45, 2.75) is 19.8 Å². The van der Waals surface area contributed by atoms with Crippen molar-refractivity contribution in [2.24, 2.45) is 11.4 Å². The smallest absolute Gasteiger partial charge is 0.139 e. The van der Waals surface area contributed by atoms with Crippen molar-refractivity contribution < 1.29 is 4.21 Å². The van der Waals surface area contributed by atoms with Gasteiger partial charge in [0.1, 0.15) is 11.0 Å². The Morgan fingerprint density at radius 1 is 0.903 bits per heavy atom. The Morgan fingerprint density at radius 2 is 1.48 bits per heavy atom. The van der Waals surface area contributed by atoms with E-state index in [1.54, 1.807) is 0 Å². The Hall–Kier alpha value is -2.55. The third-order valence-electron chi connectivity index (χ3n) is 5.33. The zero-order valence-corrected chi connectivity index (χ0v) is 19.7. The Morgan fingerprint density at radius 3 is 2.10 bits per heavy atom. The number of rotatable bonds is 8. The van der Waals surface area contributed by atoms with E-state index in [2.05, 4.69) is 108 Å². The first-order valence-corrected chi connectivity index (χ1v) is 13.2. The predicted molar refractivity (Wildman–Crippen MR) is 137 cm³/mol. The molecule has 1 aromatic heterocycles. The van der Waals surface area contributed by atoms with Gasteiger partial charge in [-0.25, -0.2) is 4.21 Å². The maximum atomic E-state index is 12.5. The van der Waals surface area contributed by atoms with Gasteiger partial charge in [-0.3, -0.25) is 0 Å². The quantitative estimate of drug-likeness (QED) is 0.282. The number of nitrogens with zero attached hydrogens (tertiary/aromatic N) is 2. The highest BCUT2D eigenvalue weighted by molar-refractivity contribution is 7.83. The first-order valence-electron chi connectivity index (χ1n) is 10.6. The van der Waals surface area contributed by atoms with Gasteiger partial charge in [0.05, 0.1) is 5.44 Å². The Kier molecular flexibility index (Phi) is 7.11. The van der Waals surface area contributed by atoms with Crippen LogP contribution in [0, 0.1) is 0 Å². The summed E-state index contributed by atoms with van der Waals surface area (Å²) in [6.07, 6.45) is 3.80. The van der Waals surface area contributed by atoms with E-state index in [0.717, 1.165) is 29.3 Å². The summed E-state index contributed by atoms with van der Waals surface area (Å²) in [5.74, 6) is 0.610. The van der Waals surface area contributed by atoms with Crippen LogP contribution in [-0.2, 0) is 18.0 Å². The second kappa shape index (κ2) is 10.2. The molecule has 0 amide bonds. The zero-order chi connectivity index (χ0) is 21.6. The SMILES string of the molecule is CCCC[S@](=O)N=Cc1c(P(c2ccccc2)c2ccccc2)n(C)c2ccccc12. The number of aromatic nitrogens is 1. The van der Waals surface area contributed by atoms with Gasteiger partial charge in [0.2, 0.25) is 0 Å². The molecule has 0 saturated carbocycles. The summed E-state index contributed by atoms with van der Waals surface area (Å²) in [5.41, 5.74) is 3.46. The summed E-state index contributed by atoms with van der Waals surface area (Å²) >= 11 is 0. The number of benzene rings is 3. The molecule has 4 rings (SSSR count). The van der Waals surface area contributed by atoms with Crippen LogP contribution in [0.25, 0.3) is 10.9 Å². The molecule has 0 radical (unpaired) electrons. The fourth-order valence-corrected chi connectivity index (χ4v) is 7.21. The van der Waals surface area contributed by atoms with Crippen molar-refractivity contribution in [1.82, 2.24) is 4.57 Å². The highest BCUT2D eigenvalue weighted by Gasteiger charge is 2.25. The Balaban J connectivity index is 1.93. The topological polar surface area (TPSA) is 34.4 Å². The fourth-order valence-electron chi connectivity index (χ4n) is 3.79. The molecule has 5 heteroatoms. The van der Waals surface area contributed by atoms with Crippen LogP contribution in [0.1, 0.15) is 25.3 Å². The molecule has 0 fully saturated rings. The lowest BCUT2D eigenvalue weighted by atomic mass is 10.2. The molecular weight excluding hydrogens is 419 g/mol. The molecular formula is C26H27N2OPS. The van der Waals surface area contributed by atoms with Gasteiger partial charge in [0.25, 0.3) is 0 Å². The minimum absolute atomic E-state index is 0.610. The van der Waals surface area contributed by atoms with Crippen molar-refractivity contribution in [1.29, 1.82) is 0 Å². The van der Waals surface area contributed by atoms with Crippen LogP contribution in [-0.4, -0.2) is 20.7 Å². The summed E-state index contributed by atoms with van der Waals surface area (Å²) in [6, 6.07) is 29.8. The van der Waals surface area contributed by atoms with Crippen molar-refractivity contribution in [3.05, 3.63) is 90.5 Å². The highest BCUT2D eigenvalue weighted by Crippen LogP contribution is 2.36. The normalized spacial score (nSPS) is 12.7. The van der Waals surface area contributed by atoms with Gasteiger partial charge in [-0.05, 0) is 23.1 Å². The molecule has 4 aromatic rings. The van der Waals surface area contributed by atoms with Crippen LogP contribution in [0.2, 0.25) is 0 Å². The molecule has 158 valence electrons. The molecule has 3 aromatic carbocycles. The monoisotopic (exact) mass is 446 g/mol. The summed E-state index contributed by atoms with van der Waals surface area (Å²) in [4.78, 5) is 0. The molecule has 0 bridgehead atoms. The number of unbranched alkanes of at least 4 members (excludes halogenated alkanes) is 1. The van der Waals surface area contributed by atoms with E-state index in [0.29, 0.717) is 5.75 Å². The summed E-state index contributed by atoms with van der Waals surface area (Å²) in [5, 5.41) is 3.73. The maximum absolute atomic E-state index is 12.5. The van der Waals surface area contributed by atoms with E-state index in [-0.39, 0.29) is 0 Å². The van der Waals surface area contributed by atoms with Gasteiger partial charge in [0, 0.05) is 43.4 Å². The highest BCUT2D eigenvalue weighted by atomic mass is 32.2. The minimum Gasteiger partial charge on any atom is -0.343 e. The molecule has 0 aliphatic carbocycles. The second-order valence-electron chi connectivity index (χ2n) is 7.43. The lowest BCUT2D eigenvalue weighted by Gasteiger charge is -2.21. The van der Waals surface area contributed by atoms with Gasteiger partial charge in [0.15, 0.2) is 0 Å². The van der Waals surface area contributed by atoms with Gasteiger partial charge < -0.3 is 4.57 Å². The van der Waals surface area contributed by atoms with Gasteiger partial charge in [-0.2, -0.15) is 4.40 Å². The molecule has 3 nitrogen and oxygen atoms in total.